The molecular weight excluding hydrogens is 252 g/mol. The number of urea groups is 1. The number of hydrogen-bond donors (Lipinski definition) is 3. The van der Waals surface area contributed by atoms with E-state index in [-0.39, 0.29) is 6.03 Å². The summed E-state index contributed by atoms with van der Waals surface area (Å²) in [6, 6.07) is 7.23. The number of rotatable bonds is 3. The van der Waals surface area contributed by atoms with Crippen molar-refractivity contribution < 1.29 is 4.79 Å². The van der Waals surface area contributed by atoms with E-state index in [9.17, 15) is 4.79 Å². The molecule has 0 saturated heterocycles. The number of aromatic amines is 1. The fraction of sp³-hybridized carbons (Fsp3) is 0.167. The zero-order chi connectivity index (χ0) is 13.0. The highest BCUT2D eigenvalue weighted by Gasteiger charge is 2.06. The highest BCUT2D eigenvalue weighted by atomic mass is 35.5. The van der Waals surface area contributed by atoms with Gasteiger partial charge in [-0.1, -0.05) is 17.7 Å². The maximum atomic E-state index is 11.1. The second-order valence-electron chi connectivity index (χ2n) is 3.70. The molecule has 0 spiro atoms. The van der Waals surface area contributed by atoms with Crippen LogP contribution in [0.3, 0.4) is 0 Å². The number of H-pyrrole nitrogens is 1. The van der Waals surface area contributed by atoms with Gasteiger partial charge in [0.05, 0.1) is 5.69 Å². The summed E-state index contributed by atoms with van der Waals surface area (Å²) < 4.78 is 0. The van der Waals surface area contributed by atoms with Crippen molar-refractivity contribution in [2.24, 2.45) is 0 Å². The van der Waals surface area contributed by atoms with Crippen molar-refractivity contribution in [3.8, 4) is 11.3 Å². The van der Waals surface area contributed by atoms with Crippen LogP contribution in [0.4, 0.5) is 4.79 Å². The van der Waals surface area contributed by atoms with E-state index in [1.54, 1.807) is 19.3 Å². The lowest BCUT2D eigenvalue weighted by molar-refractivity contribution is 0.242. The zero-order valence-electron chi connectivity index (χ0n) is 9.83. The van der Waals surface area contributed by atoms with Crippen LogP contribution in [0.1, 0.15) is 5.56 Å². The van der Waals surface area contributed by atoms with Crippen molar-refractivity contribution in [3.05, 3.63) is 41.0 Å². The molecule has 18 heavy (non-hydrogen) atoms. The van der Waals surface area contributed by atoms with E-state index >= 15 is 0 Å². The van der Waals surface area contributed by atoms with Crippen LogP contribution < -0.4 is 10.6 Å². The predicted molar refractivity (Wildman–Crippen MR) is 70.3 cm³/mol. The minimum absolute atomic E-state index is 0.240. The average Bonchev–Trinajstić information content (AvgIpc) is 2.91. The fourth-order valence-electron chi connectivity index (χ4n) is 1.55. The zero-order valence-corrected chi connectivity index (χ0v) is 10.6. The van der Waals surface area contributed by atoms with E-state index in [1.807, 2.05) is 18.2 Å². The van der Waals surface area contributed by atoms with Gasteiger partial charge < -0.3 is 10.6 Å². The van der Waals surface area contributed by atoms with E-state index in [4.69, 9.17) is 11.6 Å². The van der Waals surface area contributed by atoms with Gasteiger partial charge in [0.2, 0.25) is 0 Å². The smallest absolute Gasteiger partial charge is 0.314 e. The van der Waals surface area contributed by atoms with Crippen LogP contribution in [0.15, 0.2) is 30.5 Å². The van der Waals surface area contributed by atoms with Crippen molar-refractivity contribution >= 4 is 17.6 Å². The van der Waals surface area contributed by atoms with Gasteiger partial charge in [0.25, 0.3) is 0 Å². The Morgan fingerprint density at radius 1 is 1.44 bits per heavy atom. The Kier molecular flexibility index (Phi) is 3.84. The lowest BCUT2D eigenvalue weighted by Gasteiger charge is -2.08. The first-order chi connectivity index (χ1) is 8.70. The summed E-state index contributed by atoms with van der Waals surface area (Å²) in [6.45, 7) is 0.372. The van der Waals surface area contributed by atoms with Crippen LogP contribution in [-0.2, 0) is 6.54 Å². The number of aromatic nitrogens is 2. The van der Waals surface area contributed by atoms with E-state index in [1.165, 1.54) is 0 Å². The van der Waals surface area contributed by atoms with Crippen molar-refractivity contribution in [1.82, 2.24) is 20.8 Å². The molecule has 2 aromatic rings. The number of nitrogens with zero attached hydrogens (tertiary/aromatic N) is 1. The number of halogens is 1. The number of benzene rings is 1. The number of nitrogens with one attached hydrogen (secondary N) is 3. The van der Waals surface area contributed by atoms with Crippen molar-refractivity contribution in [3.63, 3.8) is 0 Å². The summed E-state index contributed by atoms with van der Waals surface area (Å²) in [5.41, 5.74) is 2.64. The molecule has 1 aromatic heterocycles. The largest absolute Gasteiger partial charge is 0.341 e. The van der Waals surface area contributed by atoms with Gasteiger partial charge >= 0.3 is 6.03 Å². The molecule has 0 atom stereocenters. The molecule has 0 radical (unpaired) electrons. The highest BCUT2D eigenvalue weighted by molar-refractivity contribution is 6.31. The average molecular weight is 265 g/mol. The van der Waals surface area contributed by atoms with Gasteiger partial charge in [0.1, 0.15) is 0 Å². The quantitative estimate of drug-likeness (QED) is 0.795. The molecule has 0 saturated carbocycles. The number of hydrogen-bond acceptors (Lipinski definition) is 2. The summed E-state index contributed by atoms with van der Waals surface area (Å²) in [4.78, 5) is 11.1. The van der Waals surface area contributed by atoms with Crippen LogP contribution in [0, 0.1) is 0 Å². The molecule has 2 rings (SSSR count). The van der Waals surface area contributed by atoms with Gasteiger partial charge in [-0.05, 0) is 23.8 Å². The second-order valence-corrected chi connectivity index (χ2v) is 4.11. The maximum absolute atomic E-state index is 11.1. The van der Waals surface area contributed by atoms with Crippen molar-refractivity contribution in [2.75, 3.05) is 7.05 Å². The number of carbonyl (C=O) groups is 1. The molecule has 2 amide bonds. The molecule has 0 unspecified atom stereocenters. The molecule has 1 heterocycles. The monoisotopic (exact) mass is 264 g/mol. The SMILES string of the molecule is CNC(=O)NCc1cc(-c2cc[nH]n2)ccc1Cl. The lowest BCUT2D eigenvalue weighted by atomic mass is 10.1. The van der Waals surface area contributed by atoms with E-state index in [0.29, 0.717) is 11.6 Å². The molecule has 5 nitrogen and oxygen atoms in total. The molecule has 1 aromatic carbocycles. The first-order valence-electron chi connectivity index (χ1n) is 5.45. The van der Waals surface area contributed by atoms with Gasteiger partial charge in [0, 0.05) is 30.4 Å². The molecule has 0 aliphatic carbocycles. The van der Waals surface area contributed by atoms with Gasteiger partial charge in [-0.2, -0.15) is 5.10 Å². The summed E-state index contributed by atoms with van der Waals surface area (Å²) >= 11 is 6.08. The van der Waals surface area contributed by atoms with Crippen LogP contribution in [-0.4, -0.2) is 23.3 Å². The van der Waals surface area contributed by atoms with Crippen molar-refractivity contribution in [2.45, 2.75) is 6.54 Å². The van der Waals surface area contributed by atoms with Gasteiger partial charge in [-0.25, -0.2) is 4.79 Å². The Morgan fingerprint density at radius 2 is 2.28 bits per heavy atom. The fourth-order valence-corrected chi connectivity index (χ4v) is 1.74. The van der Waals surface area contributed by atoms with E-state index in [0.717, 1.165) is 16.8 Å². The summed E-state index contributed by atoms with van der Waals surface area (Å²) in [7, 11) is 1.57. The predicted octanol–water partition coefficient (Wildman–Crippen LogP) is 2.16. The van der Waals surface area contributed by atoms with Crippen LogP contribution in [0.5, 0.6) is 0 Å². The van der Waals surface area contributed by atoms with Gasteiger partial charge in [-0.3, -0.25) is 5.10 Å². The standard InChI is InChI=1S/C12H13ClN4O/c1-14-12(18)15-7-9-6-8(2-3-10(9)13)11-4-5-16-17-11/h2-6H,7H2,1H3,(H,16,17)(H2,14,15,18). The Hall–Kier alpha value is -2.01. The molecule has 0 bridgehead atoms. The summed E-state index contributed by atoms with van der Waals surface area (Å²) in [5.74, 6) is 0. The molecule has 0 fully saturated rings. The molecule has 6 heteroatoms. The molecule has 0 aliphatic rings. The Morgan fingerprint density at radius 3 is 2.94 bits per heavy atom. The number of carbonyl (C=O) groups excluding carboxylic acids is 1. The van der Waals surface area contributed by atoms with E-state index in [2.05, 4.69) is 20.8 Å². The van der Waals surface area contributed by atoms with Crippen LogP contribution >= 0.6 is 11.6 Å². The third-order valence-corrected chi connectivity index (χ3v) is 2.88. The first-order valence-corrected chi connectivity index (χ1v) is 5.82. The summed E-state index contributed by atoms with van der Waals surface area (Å²) in [5, 5.41) is 12.7. The normalized spacial score (nSPS) is 10.1. The Balaban J connectivity index is 2.19. The Labute approximate surface area is 110 Å². The third kappa shape index (κ3) is 2.81. The lowest BCUT2D eigenvalue weighted by Crippen LogP contribution is -2.32. The molecule has 0 aliphatic heterocycles. The van der Waals surface area contributed by atoms with Gasteiger partial charge in [-0.15, -0.1) is 0 Å². The van der Waals surface area contributed by atoms with E-state index < -0.39 is 0 Å². The molecular formula is C12H13ClN4O. The maximum Gasteiger partial charge on any atom is 0.314 e. The van der Waals surface area contributed by atoms with Crippen LogP contribution in [0.2, 0.25) is 5.02 Å². The van der Waals surface area contributed by atoms with Crippen molar-refractivity contribution in [1.29, 1.82) is 0 Å². The second kappa shape index (κ2) is 5.55. The summed E-state index contributed by atoms with van der Waals surface area (Å²) in [6.07, 6.45) is 1.76. The molecule has 3 N–H and O–H groups in total. The van der Waals surface area contributed by atoms with Crippen LogP contribution in [0.25, 0.3) is 11.3 Å². The molecule has 94 valence electrons. The third-order valence-electron chi connectivity index (χ3n) is 2.51. The number of amides is 2. The first kappa shape index (κ1) is 12.4. The topological polar surface area (TPSA) is 69.8 Å². The highest BCUT2D eigenvalue weighted by Crippen LogP contribution is 2.23. The Bertz CT molecular complexity index is 539. The van der Waals surface area contributed by atoms with Gasteiger partial charge in [0.15, 0.2) is 0 Å². The minimum atomic E-state index is -0.240. The minimum Gasteiger partial charge on any atom is -0.341 e.